The fourth-order valence-electron chi connectivity index (χ4n) is 5.45. The van der Waals surface area contributed by atoms with E-state index in [0.717, 1.165) is 31.4 Å². The van der Waals surface area contributed by atoms with Gasteiger partial charge in [0.2, 0.25) is 0 Å². The normalized spacial score (nSPS) is 36.0. The molecular weight excluding hydrogens is 367 g/mol. The third kappa shape index (κ3) is 2.10. The highest BCUT2D eigenvalue weighted by Gasteiger charge is 2.69. The first kappa shape index (κ1) is 17.9. The highest BCUT2D eigenvalue weighted by atomic mass is 32.3. The number of anilines is 1. The van der Waals surface area contributed by atoms with Crippen LogP contribution in [0.3, 0.4) is 0 Å². The van der Waals surface area contributed by atoms with Crippen molar-refractivity contribution in [3.05, 3.63) is 29.3 Å². The van der Waals surface area contributed by atoms with E-state index in [2.05, 4.69) is 0 Å². The fraction of sp³-hybridized carbons (Fsp3) is 0.588. The van der Waals surface area contributed by atoms with Crippen LogP contribution in [0.4, 0.5) is 18.9 Å². The van der Waals surface area contributed by atoms with Gasteiger partial charge in [0.05, 0.1) is 27.6 Å². The first-order valence-electron chi connectivity index (χ1n) is 8.53. The SMILES string of the molecule is N#Cc1ccc(N2C[C@H]3[C@H]4CC[C@H](C4)[C@@]3(CN)S2(O)O)cc1C(F)(F)F. The molecule has 1 heterocycles. The summed E-state index contributed by atoms with van der Waals surface area (Å²) in [5.74, 6) is 0.402. The Bertz CT molecular complexity index is 794. The third-order valence-corrected chi connectivity index (χ3v) is 9.37. The molecule has 2 aliphatic carbocycles. The van der Waals surface area contributed by atoms with E-state index >= 15 is 0 Å². The molecule has 0 spiro atoms. The predicted molar refractivity (Wildman–Crippen MR) is 92.5 cm³/mol. The number of fused-ring (bicyclic) bond motifs is 5. The molecule has 1 aromatic carbocycles. The van der Waals surface area contributed by atoms with E-state index in [0.29, 0.717) is 5.92 Å². The Hall–Kier alpha value is -1.47. The van der Waals surface area contributed by atoms with Gasteiger partial charge in [0, 0.05) is 19.0 Å². The summed E-state index contributed by atoms with van der Waals surface area (Å²) in [6.45, 7) is 0.393. The average Bonchev–Trinajstić information content (AvgIpc) is 3.23. The maximum Gasteiger partial charge on any atom is 0.417 e. The number of hydrogen-bond donors (Lipinski definition) is 3. The Labute approximate surface area is 151 Å². The molecule has 9 heteroatoms. The number of nitrogens with zero attached hydrogens (tertiary/aromatic N) is 2. The lowest BCUT2D eigenvalue weighted by atomic mass is 9.78. The molecule has 3 fully saturated rings. The first-order valence-corrected chi connectivity index (χ1v) is 10.0. The van der Waals surface area contributed by atoms with Crippen molar-refractivity contribution in [1.82, 2.24) is 0 Å². The zero-order chi connectivity index (χ0) is 18.9. The van der Waals surface area contributed by atoms with E-state index in [9.17, 15) is 22.3 Å². The number of hydrogen-bond acceptors (Lipinski definition) is 5. The minimum Gasteiger partial charge on any atom is -0.328 e. The molecule has 1 aromatic rings. The number of rotatable bonds is 2. The number of benzene rings is 1. The standard InChI is InChI=1S/C17H20F3N3O2S/c18-17(19,20)14-6-13(4-2-11(14)7-21)23-8-15-10-1-3-12(5-10)16(15,9-22)26(23,24)25/h2,4,6,10,12,15,24-25H,1,3,5,8-9,22H2/t10-,12+,15-,16+/m0/s1. The second-order valence-corrected chi connectivity index (χ2v) is 9.69. The van der Waals surface area contributed by atoms with Crippen LogP contribution in [0.2, 0.25) is 0 Å². The summed E-state index contributed by atoms with van der Waals surface area (Å²) in [5.41, 5.74) is 4.55. The number of halogens is 3. The van der Waals surface area contributed by atoms with E-state index < -0.39 is 32.8 Å². The summed E-state index contributed by atoms with van der Waals surface area (Å²) in [6, 6.07) is 4.84. The molecule has 0 amide bonds. The van der Waals surface area contributed by atoms with Crippen LogP contribution >= 0.6 is 10.8 Å². The maximum absolute atomic E-state index is 13.3. The van der Waals surface area contributed by atoms with E-state index in [1.165, 1.54) is 10.4 Å². The molecule has 142 valence electrons. The van der Waals surface area contributed by atoms with Gasteiger partial charge in [-0.3, -0.25) is 13.4 Å². The smallest absolute Gasteiger partial charge is 0.328 e. The molecule has 5 nitrogen and oxygen atoms in total. The van der Waals surface area contributed by atoms with Crippen molar-refractivity contribution in [1.29, 1.82) is 5.26 Å². The van der Waals surface area contributed by atoms with E-state index in [4.69, 9.17) is 11.0 Å². The molecule has 4 atom stereocenters. The molecule has 2 bridgehead atoms. The van der Waals surface area contributed by atoms with Gasteiger partial charge in [0.25, 0.3) is 0 Å². The second-order valence-electron chi connectivity index (χ2n) is 7.45. The summed E-state index contributed by atoms with van der Waals surface area (Å²) in [6.07, 6.45) is -1.90. The Morgan fingerprint density at radius 2 is 2.08 bits per heavy atom. The van der Waals surface area contributed by atoms with Crippen LogP contribution in [0.1, 0.15) is 30.4 Å². The van der Waals surface area contributed by atoms with Crippen LogP contribution in [0, 0.1) is 29.1 Å². The van der Waals surface area contributed by atoms with Crippen molar-refractivity contribution in [2.45, 2.75) is 30.2 Å². The van der Waals surface area contributed by atoms with Crippen LogP contribution in [0.5, 0.6) is 0 Å². The van der Waals surface area contributed by atoms with Crippen LogP contribution in [0.25, 0.3) is 0 Å². The lowest BCUT2D eigenvalue weighted by Crippen LogP contribution is -2.50. The summed E-state index contributed by atoms with van der Waals surface area (Å²) in [7, 11) is -3.38. The van der Waals surface area contributed by atoms with Crippen LogP contribution < -0.4 is 10.0 Å². The van der Waals surface area contributed by atoms with Gasteiger partial charge in [0.1, 0.15) is 0 Å². The Kier molecular flexibility index (Phi) is 3.80. The van der Waals surface area contributed by atoms with Crippen LogP contribution in [-0.2, 0) is 6.18 Å². The van der Waals surface area contributed by atoms with Gasteiger partial charge < -0.3 is 5.73 Å². The molecular formula is C17H20F3N3O2S. The van der Waals surface area contributed by atoms with Gasteiger partial charge in [-0.2, -0.15) is 18.4 Å². The summed E-state index contributed by atoms with van der Waals surface area (Å²) in [5, 5.41) is 8.96. The number of nitriles is 1. The molecule has 0 unspecified atom stereocenters. The van der Waals surface area contributed by atoms with Gasteiger partial charge >= 0.3 is 6.18 Å². The third-order valence-electron chi connectivity index (χ3n) is 6.58. The average molecular weight is 387 g/mol. The fourth-order valence-corrected chi connectivity index (χ4v) is 8.19. The van der Waals surface area contributed by atoms with E-state index in [1.807, 2.05) is 0 Å². The molecule has 2 saturated carbocycles. The monoisotopic (exact) mass is 387 g/mol. The van der Waals surface area contributed by atoms with Crippen molar-refractivity contribution in [2.24, 2.45) is 23.5 Å². The summed E-state index contributed by atoms with van der Waals surface area (Å²) < 4.78 is 62.6. The number of alkyl halides is 3. The van der Waals surface area contributed by atoms with Gasteiger partial charge in [-0.25, -0.2) is 0 Å². The molecule has 1 saturated heterocycles. The zero-order valence-electron chi connectivity index (χ0n) is 13.9. The van der Waals surface area contributed by atoms with Gasteiger partial charge in [-0.1, -0.05) is 0 Å². The predicted octanol–water partition coefficient (Wildman–Crippen LogP) is 3.81. The first-order chi connectivity index (χ1) is 12.2. The van der Waals surface area contributed by atoms with Crippen molar-refractivity contribution < 1.29 is 22.3 Å². The minimum absolute atomic E-state index is 0.0266. The van der Waals surface area contributed by atoms with Gasteiger partial charge in [0.15, 0.2) is 0 Å². The van der Waals surface area contributed by atoms with Crippen LogP contribution in [0.15, 0.2) is 18.2 Å². The highest BCUT2D eigenvalue weighted by Crippen LogP contribution is 2.75. The molecule has 4 N–H and O–H groups in total. The van der Waals surface area contributed by atoms with Gasteiger partial charge in [-0.05, 0) is 49.3 Å². The quantitative estimate of drug-likeness (QED) is 0.718. The number of nitrogens with two attached hydrogens (primary N) is 1. The lowest BCUT2D eigenvalue weighted by Gasteiger charge is -2.52. The van der Waals surface area contributed by atoms with Gasteiger partial charge in [-0.15, -0.1) is 10.8 Å². The molecule has 3 aliphatic rings. The molecule has 0 aromatic heterocycles. The van der Waals surface area contributed by atoms with Crippen molar-refractivity contribution >= 4 is 16.5 Å². The largest absolute Gasteiger partial charge is 0.417 e. The maximum atomic E-state index is 13.3. The summed E-state index contributed by atoms with van der Waals surface area (Å²) >= 11 is 0. The lowest BCUT2D eigenvalue weighted by molar-refractivity contribution is -0.137. The van der Waals surface area contributed by atoms with Crippen molar-refractivity contribution in [3.63, 3.8) is 0 Å². The summed E-state index contributed by atoms with van der Waals surface area (Å²) in [4.78, 5) is 0. The second kappa shape index (κ2) is 5.52. The minimum atomic E-state index is -4.69. The van der Waals surface area contributed by atoms with E-state index in [1.54, 1.807) is 6.07 Å². The van der Waals surface area contributed by atoms with Crippen molar-refractivity contribution in [3.8, 4) is 6.07 Å². The molecule has 0 radical (unpaired) electrons. The molecule has 4 rings (SSSR count). The zero-order valence-corrected chi connectivity index (χ0v) is 14.7. The topological polar surface area (TPSA) is 93.5 Å². The molecule has 1 aliphatic heterocycles. The van der Waals surface area contributed by atoms with Crippen LogP contribution in [-0.4, -0.2) is 26.9 Å². The molecule has 26 heavy (non-hydrogen) atoms. The van der Waals surface area contributed by atoms with Crippen molar-refractivity contribution in [2.75, 3.05) is 17.4 Å². The van der Waals surface area contributed by atoms with E-state index in [-0.39, 0.29) is 30.6 Å². The Balaban J connectivity index is 1.80. The Morgan fingerprint density at radius 3 is 2.65 bits per heavy atom. The Morgan fingerprint density at radius 1 is 1.35 bits per heavy atom. The highest BCUT2D eigenvalue weighted by molar-refractivity contribution is 8.26.